The molecule has 0 unspecified atom stereocenters. The fraction of sp³-hybridized carbons (Fsp3) is 0.182. The second-order valence-corrected chi connectivity index (χ2v) is 14.9. The van der Waals surface area contributed by atoms with E-state index in [1.54, 1.807) is 0 Å². The largest absolute Gasteiger partial charge is 0.456 e. The number of nitrogens with zero attached hydrogens (tertiary/aromatic N) is 4. The van der Waals surface area contributed by atoms with Crippen LogP contribution in [0.4, 0.5) is 0 Å². The third-order valence-electron chi connectivity index (χ3n) is 9.41. The molecule has 5 aromatic carbocycles. The number of aromatic nitrogens is 4. The predicted molar refractivity (Wildman–Crippen MR) is 203 cm³/mol. The Bertz CT molecular complexity index is 2490. The lowest BCUT2D eigenvalue weighted by atomic mass is 9.84. The minimum Gasteiger partial charge on any atom is -0.456 e. The highest BCUT2D eigenvalue weighted by atomic mass is 16.5. The van der Waals surface area contributed by atoms with Gasteiger partial charge >= 0.3 is 0 Å². The van der Waals surface area contributed by atoms with Crippen LogP contribution in [0.2, 0.25) is 0 Å². The van der Waals surface area contributed by atoms with Gasteiger partial charge in [-0.3, -0.25) is 4.57 Å². The van der Waals surface area contributed by atoms with E-state index in [9.17, 15) is 0 Å². The van der Waals surface area contributed by atoms with Gasteiger partial charge in [-0.1, -0.05) is 84.0 Å². The Hall–Kier alpha value is -5.68. The van der Waals surface area contributed by atoms with E-state index in [1.807, 2.05) is 18.3 Å². The van der Waals surface area contributed by atoms with Crippen molar-refractivity contribution in [2.75, 3.05) is 0 Å². The van der Waals surface area contributed by atoms with E-state index < -0.39 is 0 Å². The Kier molecular flexibility index (Phi) is 7.18. The zero-order valence-corrected chi connectivity index (χ0v) is 29.0. The first-order valence-corrected chi connectivity index (χ1v) is 17.0. The van der Waals surface area contributed by atoms with E-state index >= 15 is 0 Å². The number of rotatable bonds is 5. The van der Waals surface area contributed by atoms with Crippen molar-refractivity contribution in [3.63, 3.8) is 0 Å². The molecule has 0 aliphatic carbocycles. The maximum absolute atomic E-state index is 6.66. The highest BCUT2D eigenvalue weighted by Gasteiger charge is 2.24. The number of hydrogen-bond donors (Lipinski definition) is 0. The molecule has 0 aliphatic rings. The average Bonchev–Trinajstić information content (AvgIpc) is 3.64. The van der Waals surface area contributed by atoms with Gasteiger partial charge in [0.05, 0.1) is 11.0 Å². The minimum absolute atomic E-state index is 0.00226. The van der Waals surface area contributed by atoms with Crippen LogP contribution in [0.3, 0.4) is 0 Å². The summed E-state index contributed by atoms with van der Waals surface area (Å²) in [7, 11) is 0. The first-order chi connectivity index (χ1) is 23.6. The Morgan fingerprint density at radius 3 is 1.94 bits per heavy atom. The molecule has 0 saturated heterocycles. The molecule has 49 heavy (non-hydrogen) atoms. The van der Waals surface area contributed by atoms with Crippen molar-refractivity contribution in [1.82, 2.24) is 18.7 Å². The highest BCUT2D eigenvalue weighted by molar-refractivity contribution is 6.11. The smallest absolute Gasteiger partial charge is 0.168 e. The van der Waals surface area contributed by atoms with Crippen LogP contribution in [0, 0.1) is 0 Å². The normalized spacial score (nSPS) is 12.3. The maximum atomic E-state index is 6.66. The molecule has 3 aromatic heterocycles. The summed E-state index contributed by atoms with van der Waals surface area (Å²) in [6.07, 6.45) is 4.08. The second-order valence-electron chi connectivity index (χ2n) is 14.9. The minimum atomic E-state index is -0.0315. The summed E-state index contributed by atoms with van der Waals surface area (Å²) in [6, 6.07) is 44.7. The van der Waals surface area contributed by atoms with E-state index in [4.69, 9.17) is 9.72 Å². The lowest BCUT2D eigenvalue weighted by Crippen LogP contribution is -2.12. The zero-order chi connectivity index (χ0) is 33.9. The van der Waals surface area contributed by atoms with E-state index in [2.05, 4.69) is 177 Å². The lowest BCUT2D eigenvalue weighted by Gasteiger charge is -2.21. The maximum Gasteiger partial charge on any atom is 0.168 e. The Morgan fingerprint density at radius 1 is 0.551 bits per heavy atom. The lowest BCUT2D eigenvalue weighted by molar-refractivity contribution is 0.483. The van der Waals surface area contributed by atoms with Gasteiger partial charge in [0.2, 0.25) is 0 Å². The number of fused-ring (bicyclic) bond motifs is 4. The standard InChI is InChI=1S/C44H41N4O/c1-43(2,3)30-24-25-45-41(26-30)48-39-21-13-18-36(44(4,5)6)42(39)35-23-22-34(28-40(35)48)49-33-17-12-16-32(27-33)47-29-46(31-14-8-7-9-15-31)37-19-10-11-20-38(37)47/h7-29H,1-6H3/q+1. The number of benzene rings is 5. The molecule has 0 saturated carbocycles. The fourth-order valence-corrected chi connectivity index (χ4v) is 6.93. The summed E-state index contributed by atoms with van der Waals surface area (Å²) in [5.41, 5.74) is 9.14. The molecule has 5 nitrogen and oxygen atoms in total. The molecule has 8 rings (SSSR count). The number of imidazole rings is 1. The third kappa shape index (κ3) is 5.45. The van der Waals surface area contributed by atoms with E-state index in [0.717, 1.165) is 50.8 Å². The van der Waals surface area contributed by atoms with Crippen LogP contribution in [0.25, 0.3) is 50.0 Å². The van der Waals surface area contributed by atoms with E-state index in [-0.39, 0.29) is 10.8 Å². The first-order valence-electron chi connectivity index (χ1n) is 17.0. The summed E-state index contributed by atoms with van der Waals surface area (Å²) in [6.45, 7) is 13.6. The molecule has 0 amide bonds. The summed E-state index contributed by atoms with van der Waals surface area (Å²) < 4.78 is 13.4. The van der Waals surface area contributed by atoms with Gasteiger partial charge in [-0.25, -0.2) is 4.98 Å². The summed E-state index contributed by atoms with van der Waals surface area (Å²) in [4.78, 5) is 4.91. The van der Waals surface area contributed by atoms with Crippen LogP contribution in [-0.4, -0.2) is 18.7 Å². The van der Waals surface area contributed by atoms with Gasteiger partial charge in [0, 0.05) is 41.2 Å². The molecule has 0 bridgehead atoms. The molecule has 0 atom stereocenters. The summed E-state index contributed by atoms with van der Waals surface area (Å²) in [5, 5.41) is 2.45. The highest BCUT2D eigenvalue weighted by Crippen LogP contribution is 2.40. The van der Waals surface area contributed by atoms with Gasteiger partial charge in [-0.2, -0.15) is 9.13 Å². The quantitative estimate of drug-likeness (QED) is 0.175. The topological polar surface area (TPSA) is 36.9 Å². The number of pyridine rings is 1. The second kappa shape index (κ2) is 11.5. The van der Waals surface area contributed by atoms with Crippen molar-refractivity contribution < 1.29 is 4.74 Å². The number of ether oxygens (including phenoxy) is 1. The molecular formula is C44H41N4O+. The molecule has 8 aromatic rings. The van der Waals surface area contributed by atoms with Gasteiger partial charge in [0.25, 0.3) is 0 Å². The number of para-hydroxylation sites is 3. The molecule has 3 heterocycles. The average molecular weight is 642 g/mol. The fourth-order valence-electron chi connectivity index (χ4n) is 6.93. The molecule has 0 radical (unpaired) electrons. The van der Waals surface area contributed by atoms with E-state index in [1.165, 1.54) is 21.9 Å². The molecular weight excluding hydrogens is 601 g/mol. The third-order valence-corrected chi connectivity index (χ3v) is 9.41. The molecule has 5 heteroatoms. The van der Waals surface area contributed by atoms with Crippen LogP contribution in [-0.2, 0) is 10.8 Å². The van der Waals surface area contributed by atoms with Crippen LogP contribution in [0.5, 0.6) is 11.5 Å². The van der Waals surface area contributed by atoms with Crippen LogP contribution in [0.15, 0.2) is 140 Å². The van der Waals surface area contributed by atoms with Gasteiger partial charge in [0.15, 0.2) is 17.4 Å². The van der Waals surface area contributed by atoms with Gasteiger partial charge < -0.3 is 4.74 Å². The van der Waals surface area contributed by atoms with Crippen molar-refractivity contribution in [3.05, 3.63) is 151 Å². The zero-order valence-electron chi connectivity index (χ0n) is 29.0. The van der Waals surface area contributed by atoms with Gasteiger partial charge in [-0.15, -0.1) is 0 Å². The molecule has 0 N–H and O–H groups in total. The molecule has 0 aliphatic heterocycles. The monoisotopic (exact) mass is 641 g/mol. The van der Waals surface area contributed by atoms with Crippen LogP contribution >= 0.6 is 0 Å². The van der Waals surface area contributed by atoms with Crippen molar-refractivity contribution in [3.8, 4) is 28.7 Å². The molecule has 242 valence electrons. The van der Waals surface area contributed by atoms with Crippen LogP contribution < -0.4 is 4.74 Å². The Morgan fingerprint density at radius 2 is 1.20 bits per heavy atom. The summed E-state index contributed by atoms with van der Waals surface area (Å²) >= 11 is 0. The molecule has 0 fully saturated rings. The van der Waals surface area contributed by atoms with Crippen molar-refractivity contribution in [1.29, 1.82) is 0 Å². The van der Waals surface area contributed by atoms with Crippen molar-refractivity contribution >= 4 is 32.8 Å². The van der Waals surface area contributed by atoms with Crippen molar-refractivity contribution in [2.45, 2.75) is 52.4 Å². The predicted octanol–water partition coefficient (Wildman–Crippen LogP) is 11.6. The van der Waals surface area contributed by atoms with Crippen molar-refractivity contribution in [2.24, 2.45) is 0 Å². The van der Waals surface area contributed by atoms with Gasteiger partial charge in [-0.05, 0) is 82.6 Å². The summed E-state index contributed by atoms with van der Waals surface area (Å²) in [5.74, 6) is 2.45. The SMILES string of the molecule is CC(C)(C)c1ccnc(-n2c3cc(Oc4cccc(-n5[cH+]n(-c6ccccc6)c6ccccc65)c4)ccc3c3c(C(C)(C)C)cccc32)c1. The van der Waals surface area contributed by atoms with Gasteiger partial charge in [0.1, 0.15) is 28.7 Å². The first kappa shape index (κ1) is 30.6. The Labute approximate surface area is 287 Å². The molecule has 0 spiro atoms. The number of hydrogen-bond acceptors (Lipinski definition) is 2. The Balaban J connectivity index is 1.25. The van der Waals surface area contributed by atoms with Crippen LogP contribution in [0.1, 0.15) is 52.7 Å². The van der Waals surface area contributed by atoms with E-state index in [0.29, 0.717) is 0 Å².